The number of hydrogen-bond acceptors (Lipinski definition) is 6. The largest absolute Gasteiger partial charge is 0.456 e. The zero-order chi connectivity index (χ0) is 22.6. The Morgan fingerprint density at radius 3 is 2.61 bits per heavy atom. The molecule has 33 heavy (non-hydrogen) atoms. The first-order valence-corrected chi connectivity index (χ1v) is 10.0. The lowest BCUT2D eigenvalue weighted by Crippen LogP contribution is -2.13. The third-order valence-corrected chi connectivity index (χ3v) is 4.94. The molecule has 2 N–H and O–H groups in total. The molecule has 1 amide bonds. The molecule has 0 bridgehead atoms. The fourth-order valence-corrected chi connectivity index (χ4v) is 3.35. The van der Waals surface area contributed by atoms with Crippen molar-refractivity contribution in [3.05, 3.63) is 96.7 Å². The van der Waals surface area contributed by atoms with E-state index in [4.69, 9.17) is 10.00 Å². The number of aromatic nitrogens is 4. The molecule has 3 heterocycles. The van der Waals surface area contributed by atoms with E-state index in [2.05, 4.69) is 25.5 Å². The van der Waals surface area contributed by atoms with Gasteiger partial charge >= 0.3 is 0 Å². The van der Waals surface area contributed by atoms with Gasteiger partial charge in [0.25, 0.3) is 5.91 Å². The van der Waals surface area contributed by atoms with Crippen LogP contribution in [0, 0.1) is 11.3 Å². The smallest absolute Gasteiger partial charge is 0.276 e. The monoisotopic (exact) mass is 432 g/mol. The van der Waals surface area contributed by atoms with Crippen molar-refractivity contribution in [2.24, 2.45) is 0 Å². The van der Waals surface area contributed by atoms with Crippen LogP contribution in [0.2, 0.25) is 0 Å². The Labute approximate surface area is 188 Å². The highest BCUT2D eigenvalue weighted by Gasteiger charge is 2.16. The molecule has 8 heteroatoms. The summed E-state index contributed by atoms with van der Waals surface area (Å²) in [6.07, 6.45) is 4.82. The Morgan fingerprint density at radius 1 is 0.939 bits per heavy atom. The van der Waals surface area contributed by atoms with Gasteiger partial charge < -0.3 is 10.1 Å². The highest BCUT2D eigenvalue weighted by molar-refractivity contribution is 6.11. The molecule has 3 aromatic heterocycles. The number of benzene rings is 2. The van der Waals surface area contributed by atoms with Crippen LogP contribution in [0.3, 0.4) is 0 Å². The number of fused-ring (bicyclic) bond motifs is 1. The summed E-state index contributed by atoms with van der Waals surface area (Å²) >= 11 is 0. The summed E-state index contributed by atoms with van der Waals surface area (Å²) in [6, 6.07) is 22.1. The molecule has 0 aliphatic carbocycles. The van der Waals surface area contributed by atoms with E-state index in [1.807, 2.05) is 60.7 Å². The molecule has 0 atom stereocenters. The highest BCUT2D eigenvalue weighted by atomic mass is 16.5. The normalized spacial score (nSPS) is 10.5. The molecule has 5 rings (SSSR count). The van der Waals surface area contributed by atoms with Crippen molar-refractivity contribution in [3.63, 3.8) is 0 Å². The molecule has 5 aromatic rings. The summed E-state index contributed by atoms with van der Waals surface area (Å²) in [6.45, 7) is 0. The van der Waals surface area contributed by atoms with Gasteiger partial charge in [-0.3, -0.25) is 14.9 Å². The van der Waals surface area contributed by atoms with Crippen LogP contribution in [0.5, 0.6) is 11.5 Å². The Morgan fingerprint density at radius 2 is 1.82 bits per heavy atom. The van der Waals surface area contributed by atoms with Gasteiger partial charge in [-0.2, -0.15) is 10.4 Å². The van der Waals surface area contributed by atoms with E-state index in [0.717, 1.165) is 22.4 Å². The third kappa shape index (κ3) is 4.24. The van der Waals surface area contributed by atoms with Gasteiger partial charge in [0.05, 0.1) is 23.6 Å². The number of nitrogens with one attached hydrogen (secondary N) is 2. The van der Waals surface area contributed by atoms with Crippen LogP contribution in [-0.4, -0.2) is 26.1 Å². The van der Waals surface area contributed by atoms with Gasteiger partial charge in [0.1, 0.15) is 23.3 Å². The molecule has 0 aliphatic rings. The standard InChI is InChI=1S/C25H16N6O2/c26-12-18-7-8-19(14-28-18)29-25(32)24-22-11-16(6-9-23(22)30-31-24)17-10-21(15-27-13-17)33-20-4-2-1-3-5-20/h1-11,13-15H,(H,29,32)(H,30,31). The van der Waals surface area contributed by atoms with E-state index in [1.54, 1.807) is 18.5 Å². The third-order valence-electron chi connectivity index (χ3n) is 4.94. The number of pyridine rings is 2. The first-order chi connectivity index (χ1) is 16.2. The molecule has 0 saturated carbocycles. The van der Waals surface area contributed by atoms with Gasteiger partial charge in [-0.25, -0.2) is 4.98 Å². The quantitative estimate of drug-likeness (QED) is 0.406. The van der Waals surface area contributed by atoms with Gasteiger partial charge in [0.2, 0.25) is 0 Å². The second kappa shape index (κ2) is 8.61. The number of nitrogens with zero attached hydrogens (tertiary/aromatic N) is 4. The van der Waals surface area contributed by atoms with Crippen molar-refractivity contribution >= 4 is 22.5 Å². The van der Waals surface area contributed by atoms with Crippen molar-refractivity contribution in [2.75, 3.05) is 5.32 Å². The van der Waals surface area contributed by atoms with Crippen LogP contribution in [0.1, 0.15) is 16.2 Å². The lowest BCUT2D eigenvalue weighted by molar-refractivity contribution is 0.102. The molecule has 0 aliphatic heterocycles. The van der Waals surface area contributed by atoms with Gasteiger partial charge in [0, 0.05) is 17.1 Å². The molecule has 0 spiro atoms. The minimum atomic E-state index is -0.385. The fraction of sp³-hybridized carbons (Fsp3) is 0. The molecule has 158 valence electrons. The maximum absolute atomic E-state index is 12.8. The lowest BCUT2D eigenvalue weighted by Gasteiger charge is -2.08. The van der Waals surface area contributed by atoms with Crippen molar-refractivity contribution in [2.45, 2.75) is 0 Å². The number of H-pyrrole nitrogens is 1. The van der Waals surface area contributed by atoms with E-state index >= 15 is 0 Å². The van der Waals surface area contributed by atoms with Crippen molar-refractivity contribution in [3.8, 4) is 28.7 Å². The molecule has 8 nitrogen and oxygen atoms in total. The summed E-state index contributed by atoms with van der Waals surface area (Å²) in [4.78, 5) is 21.1. The van der Waals surface area contributed by atoms with E-state index in [1.165, 1.54) is 12.3 Å². The Bertz CT molecular complexity index is 1490. The number of anilines is 1. The Kier molecular flexibility index (Phi) is 5.19. The number of para-hydroxylation sites is 1. The average molecular weight is 432 g/mol. The summed E-state index contributed by atoms with van der Waals surface area (Å²) in [5.74, 6) is 0.944. The minimum Gasteiger partial charge on any atom is -0.456 e. The maximum Gasteiger partial charge on any atom is 0.276 e. The van der Waals surface area contributed by atoms with Crippen LogP contribution in [0.25, 0.3) is 22.0 Å². The van der Waals surface area contributed by atoms with Gasteiger partial charge in [-0.1, -0.05) is 24.3 Å². The summed E-state index contributed by atoms with van der Waals surface area (Å²) in [5, 5.41) is 19.4. The number of rotatable bonds is 5. The zero-order valence-electron chi connectivity index (χ0n) is 17.2. The van der Waals surface area contributed by atoms with Crippen LogP contribution in [0.4, 0.5) is 5.69 Å². The second-order valence-electron chi connectivity index (χ2n) is 7.16. The van der Waals surface area contributed by atoms with Crippen molar-refractivity contribution in [1.29, 1.82) is 5.26 Å². The Balaban J connectivity index is 1.43. The van der Waals surface area contributed by atoms with E-state index in [-0.39, 0.29) is 17.3 Å². The lowest BCUT2D eigenvalue weighted by atomic mass is 10.0. The first-order valence-electron chi connectivity index (χ1n) is 10.0. The van der Waals surface area contributed by atoms with Crippen LogP contribution >= 0.6 is 0 Å². The highest BCUT2D eigenvalue weighted by Crippen LogP contribution is 2.29. The number of amides is 1. The molecular weight excluding hydrogens is 416 g/mol. The maximum atomic E-state index is 12.8. The predicted molar refractivity (Wildman–Crippen MR) is 123 cm³/mol. The molecule has 0 radical (unpaired) electrons. The minimum absolute atomic E-state index is 0.251. The molecule has 0 unspecified atom stereocenters. The predicted octanol–water partition coefficient (Wildman–Crippen LogP) is 4.94. The number of aromatic amines is 1. The Hall–Kier alpha value is -5.03. The number of carbonyl (C=O) groups is 1. The van der Waals surface area contributed by atoms with Gasteiger partial charge in [-0.05, 0) is 48.0 Å². The summed E-state index contributed by atoms with van der Waals surface area (Å²) in [5.41, 5.74) is 3.43. The van der Waals surface area contributed by atoms with Crippen LogP contribution in [0.15, 0.2) is 85.3 Å². The van der Waals surface area contributed by atoms with Crippen molar-refractivity contribution in [1.82, 2.24) is 20.2 Å². The second-order valence-corrected chi connectivity index (χ2v) is 7.16. The zero-order valence-corrected chi connectivity index (χ0v) is 17.2. The van der Waals surface area contributed by atoms with E-state index in [9.17, 15) is 4.79 Å². The SMILES string of the molecule is N#Cc1ccc(NC(=O)c2n[nH]c3ccc(-c4cncc(Oc5ccccc5)c4)cc23)cn1. The van der Waals surface area contributed by atoms with E-state index < -0.39 is 0 Å². The number of carbonyl (C=O) groups excluding carboxylic acids is 1. The van der Waals surface area contributed by atoms with Gasteiger partial charge in [0.15, 0.2) is 5.69 Å². The number of hydrogen-bond donors (Lipinski definition) is 2. The molecular formula is C25H16N6O2. The van der Waals surface area contributed by atoms with Crippen LogP contribution < -0.4 is 10.1 Å². The average Bonchev–Trinajstić information content (AvgIpc) is 3.29. The van der Waals surface area contributed by atoms with Gasteiger partial charge in [-0.15, -0.1) is 0 Å². The number of ether oxygens (including phenoxy) is 1. The topological polar surface area (TPSA) is 117 Å². The molecule has 0 saturated heterocycles. The van der Waals surface area contributed by atoms with Crippen molar-refractivity contribution < 1.29 is 9.53 Å². The fourth-order valence-electron chi connectivity index (χ4n) is 3.35. The first kappa shape index (κ1) is 19.9. The molecule has 0 fully saturated rings. The summed E-state index contributed by atoms with van der Waals surface area (Å²) in [7, 11) is 0. The summed E-state index contributed by atoms with van der Waals surface area (Å²) < 4.78 is 5.89. The van der Waals surface area contributed by atoms with E-state index in [0.29, 0.717) is 16.8 Å². The molecule has 2 aromatic carbocycles. The number of nitriles is 1. The van der Waals surface area contributed by atoms with Crippen LogP contribution in [-0.2, 0) is 0 Å².